The Bertz CT molecular complexity index is 558. The summed E-state index contributed by atoms with van der Waals surface area (Å²) in [6.07, 6.45) is 0. The summed E-state index contributed by atoms with van der Waals surface area (Å²) < 4.78 is 18.5. The molecule has 0 saturated carbocycles. The zero-order valence-corrected chi connectivity index (χ0v) is 12.1. The van der Waals surface area contributed by atoms with Crippen LogP contribution in [0.25, 0.3) is 0 Å². The lowest BCUT2D eigenvalue weighted by molar-refractivity contribution is 0.308. The number of rotatable bonds is 6. The summed E-state index contributed by atoms with van der Waals surface area (Å²) in [6.45, 7) is 4.97. The minimum absolute atomic E-state index is 0.261. The number of aromatic nitrogens is 3. The lowest BCUT2D eigenvalue weighted by atomic mass is 10.4. The van der Waals surface area contributed by atoms with E-state index in [-0.39, 0.29) is 11.8 Å². The monoisotopic (exact) mass is 294 g/mol. The molecule has 0 saturated heterocycles. The van der Waals surface area contributed by atoms with Crippen LogP contribution in [0.1, 0.15) is 13.8 Å². The van der Waals surface area contributed by atoms with Crippen molar-refractivity contribution < 1.29 is 9.13 Å². The molecule has 2 aromatic rings. The van der Waals surface area contributed by atoms with Crippen molar-refractivity contribution in [2.75, 3.05) is 18.5 Å². The highest BCUT2D eigenvalue weighted by molar-refractivity contribution is 7.99. The molecular weight excluding hydrogens is 279 g/mol. The van der Waals surface area contributed by atoms with Crippen molar-refractivity contribution in [3.63, 3.8) is 0 Å². The van der Waals surface area contributed by atoms with Crippen molar-refractivity contribution in [3.05, 3.63) is 30.1 Å². The fourth-order valence-electron chi connectivity index (χ4n) is 1.45. The van der Waals surface area contributed by atoms with Crippen molar-refractivity contribution in [1.82, 2.24) is 15.0 Å². The molecule has 0 aliphatic carbocycles. The number of hydrogen-bond acceptors (Lipinski definition) is 6. The second kappa shape index (κ2) is 7.04. The van der Waals surface area contributed by atoms with Crippen LogP contribution in [0, 0.1) is 5.82 Å². The fraction of sp³-hybridized carbons (Fsp3) is 0.308. The van der Waals surface area contributed by atoms with Gasteiger partial charge in [0.25, 0.3) is 0 Å². The first kappa shape index (κ1) is 14.5. The number of ether oxygens (including phenoxy) is 1. The lowest BCUT2D eigenvalue weighted by Crippen LogP contribution is -2.07. The quantitative estimate of drug-likeness (QED) is 0.884. The van der Waals surface area contributed by atoms with E-state index < -0.39 is 0 Å². The van der Waals surface area contributed by atoms with Crippen molar-refractivity contribution >= 4 is 17.7 Å². The van der Waals surface area contributed by atoms with Gasteiger partial charge in [-0.05, 0) is 43.8 Å². The number of benzene rings is 1. The second-order valence-electron chi connectivity index (χ2n) is 3.75. The van der Waals surface area contributed by atoms with Crippen LogP contribution in [0.4, 0.5) is 10.3 Å². The Morgan fingerprint density at radius 2 is 2.10 bits per heavy atom. The molecule has 2 rings (SSSR count). The molecule has 0 aliphatic heterocycles. The Labute approximate surface area is 121 Å². The highest BCUT2D eigenvalue weighted by Gasteiger charge is 2.09. The van der Waals surface area contributed by atoms with Gasteiger partial charge in [0.2, 0.25) is 11.1 Å². The summed E-state index contributed by atoms with van der Waals surface area (Å²) in [6, 6.07) is 6.53. The molecule has 106 valence electrons. The molecule has 0 radical (unpaired) electrons. The van der Waals surface area contributed by atoms with Gasteiger partial charge in [0.15, 0.2) is 0 Å². The molecule has 1 N–H and O–H groups in total. The molecule has 0 bridgehead atoms. The minimum Gasteiger partial charge on any atom is -0.464 e. The van der Waals surface area contributed by atoms with Crippen molar-refractivity contribution in [1.29, 1.82) is 0 Å². The summed E-state index contributed by atoms with van der Waals surface area (Å²) in [7, 11) is 0. The molecule has 0 spiro atoms. The molecule has 7 heteroatoms. The highest BCUT2D eigenvalue weighted by Crippen LogP contribution is 2.26. The molecule has 1 heterocycles. The first-order valence-corrected chi connectivity index (χ1v) is 7.09. The van der Waals surface area contributed by atoms with Gasteiger partial charge in [-0.3, -0.25) is 0 Å². The molecule has 1 aromatic heterocycles. The Morgan fingerprint density at radius 3 is 2.80 bits per heavy atom. The first-order chi connectivity index (χ1) is 9.71. The summed E-state index contributed by atoms with van der Waals surface area (Å²) in [5.41, 5.74) is 0. The van der Waals surface area contributed by atoms with E-state index >= 15 is 0 Å². The Hall–Kier alpha value is -1.89. The van der Waals surface area contributed by atoms with E-state index in [1.54, 1.807) is 12.1 Å². The van der Waals surface area contributed by atoms with Crippen molar-refractivity contribution in [3.8, 4) is 6.01 Å². The van der Waals surface area contributed by atoms with Gasteiger partial charge >= 0.3 is 6.01 Å². The molecule has 0 fully saturated rings. The largest absolute Gasteiger partial charge is 0.464 e. The minimum atomic E-state index is -0.291. The topological polar surface area (TPSA) is 59.9 Å². The number of anilines is 1. The summed E-state index contributed by atoms with van der Waals surface area (Å²) in [5.74, 6) is 0.158. The summed E-state index contributed by atoms with van der Waals surface area (Å²) in [5, 5.41) is 3.48. The molecule has 0 amide bonds. The van der Waals surface area contributed by atoms with E-state index in [0.29, 0.717) is 24.3 Å². The van der Waals surface area contributed by atoms with Gasteiger partial charge in [-0.1, -0.05) is 6.07 Å². The first-order valence-electron chi connectivity index (χ1n) is 6.27. The average Bonchev–Trinajstić information content (AvgIpc) is 2.39. The lowest BCUT2D eigenvalue weighted by Gasteiger charge is -2.07. The standard InChI is InChI=1S/C13H15FN4OS/c1-3-15-11-16-12(19-4-2)18-13(17-11)20-10-7-5-6-9(14)8-10/h5-8H,3-4H2,1-2H3,(H,15,16,17,18). The predicted molar refractivity (Wildman–Crippen MR) is 75.7 cm³/mol. The average molecular weight is 294 g/mol. The second-order valence-corrected chi connectivity index (χ2v) is 4.79. The third kappa shape index (κ3) is 4.06. The van der Waals surface area contributed by atoms with Gasteiger partial charge in [-0.25, -0.2) is 4.39 Å². The van der Waals surface area contributed by atoms with E-state index in [9.17, 15) is 4.39 Å². The number of nitrogens with one attached hydrogen (secondary N) is 1. The molecule has 0 aliphatic rings. The van der Waals surface area contributed by atoms with Crippen LogP contribution in [-0.2, 0) is 0 Å². The number of nitrogens with zero attached hydrogens (tertiary/aromatic N) is 3. The van der Waals surface area contributed by atoms with Crippen LogP contribution in [0.2, 0.25) is 0 Å². The summed E-state index contributed by atoms with van der Waals surface area (Å²) >= 11 is 1.26. The van der Waals surface area contributed by atoms with E-state index in [2.05, 4.69) is 20.3 Å². The highest BCUT2D eigenvalue weighted by atomic mass is 32.2. The van der Waals surface area contributed by atoms with Crippen molar-refractivity contribution in [2.45, 2.75) is 23.9 Å². The van der Waals surface area contributed by atoms with Gasteiger partial charge in [-0.15, -0.1) is 0 Å². The van der Waals surface area contributed by atoms with Crippen LogP contribution in [0.3, 0.4) is 0 Å². The van der Waals surface area contributed by atoms with Crippen LogP contribution in [0.5, 0.6) is 6.01 Å². The normalized spacial score (nSPS) is 10.3. The molecule has 5 nitrogen and oxygen atoms in total. The number of halogens is 1. The maximum absolute atomic E-state index is 13.2. The SMILES string of the molecule is CCNc1nc(OCC)nc(Sc2cccc(F)c2)n1. The molecule has 0 unspecified atom stereocenters. The van der Waals surface area contributed by atoms with Crippen molar-refractivity contribution in [2.24, 2.45) is 0 Å². The van der Waals surface area contributed by atoms with Gasteiger partial charge < -0.3 is 10.1 Å². The van der Waals surface area contributed by atoms with E-state index in [1.165, 1.54) is 23.9 Å². The maximum Gasteiger partial charge on any atom is 0.322 e. The van der Waals surface area contributed by atoms with Crippen LogP contribution in [-0.4, -0.2) is 28.1 Å². The molecule has 1 aromatic carbocycles. The van der Waals surface area contributed by atoms with Crippen LogP contribution in [0.15, 0.2) is 34.3 Å². The van der Waals surface area contributed by atoms with Crippen LogP contribution >= 0.6 is 11.8 Å². The van der Waals surface area contributed by atoms with Gasteiger partial charge in [-0.2, -0.15) is 15.0 Å². The molecule has 20 heavy (non-hydrogen) atoms. The van der Waals surface area contributed by atoms with Gasteiger partial charge in [0, 0.05) is 11.4 Å². The number of hydrogen-bond donors (Lipinski definition) is 1. The van der Waals surface area contributed by atoms with E-state index in [4.69, 9.17) is 4.74 Å². The molecular formula is C13H15FN4OS. The zero-order valence-electron chi connectivity index (χ0n) is 11.3. The smallest absolute Gasteiger partial charge is 0.322 e. The fourth-order valence-corrected chi connectivity index (χ4v) is 2.24. The van der Waals surface area contributed by atoms with E-state index in [0.717, 1.165) is 4.90 Å². The van der Waals surface area contributed by atoms with E-state index in [1.807, 2.05) is 13.8 Å². The van der Waals surface area contributed by atoms with Crippen LogP contribution < -0.4 is 10.1 Å². The zero-order chi connectivity index (χ0) is 14.4. The van der Waals surface area contributed by atoms with Gasteiger partial charge in [0.1, 0.15) is 5.82 Å². The molecule has 0 atom stereocenters. The Morgan fingerprint density at radius 1 is 1.25 bits per heavy atom. The maximum atomic E-state index is 13.2. The third-order valence-electron chi connectivity index (χ3n) is 2.21. The summed E-state index contributed by atoms with van der Waals surface area (Å²) in [4.78, 5) is 13.3. The third-order valence-corrected chi connectivity index (χ3v) is 3.06. The van der Waals surface area contributed by atoms with Gasteiger partial charge in [0.05, 0.1) is 6.61 Å². The Kier molecular flexibility index (Phi) is 5.11. The Balaban J connectivity index is 2.25. The predicted octanol–water partition coefficient (Wildman–Crippen LogP) is 2.99.